The molecule has 2 rings (SSSR count). The molecule has 0 bridgehead atoms. The molecule has 0 saturated carbocycles. The Hall–Kier alpha value is -1.32. The van der Waals surface area contributed by atoms with Crippen LogP contribution >= 0.6 is 23.2 Å². The van der Waals surface area contributed by atoms with Crippen LogP contribution < -0.4 is 0 Å². The first-order valence-corrected chi connectivity index (χ1v) is 5.83. The number of carbonyl (C=O) groups excluding carboxylic acids is 1. The second kappa shape index (κ2) is 4.90. The largest absolute Gasteiger partial charge is 0.292 e. The molecular formula is C12H10Cl2N2O. The molecule has 0 spiro atoms. The third kappa shape index (κ3) is 2.68. The fourth-order valence-corrected chi connectivity index (χ4v) is 1.86. The molecule has 0 N–H and O–H groups in total. The highest BCUT2D eigenvalue weighted by atomic mass is 35.5. The summed E-state index contributed by atoms with van der Waals surface area (Å²) in [4.78, 5) is 12.1. The summed E-state index contributed by atoms with van der Waals surface area (Å²) in [7, 11) is 0. The highest BCUT2D eigenvalue weighted by Gasteiger charge is 2.17. The first kappa shape index (κ1) is 12.1. The van der Waals surface area contributed by atoms with E-state index in [9.17, 15) is 4.79 Å². The SMILES string of the molecule is CC(C(=O)c1cccc(Cl)c1)n1cc(Cl)cn1. The minimum Gasteiger partial charge on any atom is -0.292 e. The van der Waals surface area contributed by atoms with E-state index in [1.54, 1.807) is 37.4 Å². The molecule has 1 heterocycles. The number of hydrogen-bond donors (Lipinski definition) is 0. The number of hydrogen-bond acceptors (Lipinski definition) is 2. The summed E-state index contributed by atoms with van der Waals surface area (Å²) < 4.78 is 1.53. The van der Waals surface area contributed by atoms with Gasteiger partial charge in [0.1, 0.15) is 6.04 Å². The number of halogens is 2. The Morgan fingerprint density at radius 3 is 2.71 bits per heavy atom. The number of rotatable bonds is 3. The molecule has 1 aromatic carbocycles. The van der Waals surface area contributed by atoms with E-state index in [1.807, 2.05) is 0 Å². The van der Waals surface area contributed by atoms with E-state index in [0.29, 0.717) is 15.6 Å². The van der Waals surface area contributed by atoms with E-state index in [4.69, 9.17) is 23.2 Å². The average Bonchev–Trinajstić information content (AvgIpc) is 2.74. The van der Waals surface area contributed by atoms with Crippen molar-refractivity contribution in [1.82, 2.24) is 9.78 Å². The predicted octanol–water partition coefficient (Wildman–Crippen LogP) is 3.63. The van der Waals surface area contributed by atoms with Crippen LogP contribution in [-0.2, 0) is 0 Å². The second-order valence-electron chi connectivity index (χ2n) is 3.69. The molecule has 17 heavy (non-hydrogen) atoms. The Labute approximate surface area is 109 Å². The number of Topliss-reactive ketones (excluding diaryl/α,β-unsaturated/α-hetero) is 1. The van der Waals surface area contributed by atoms with Crippen LogP contribution in [0, 0.1) is 0 Å². The van der Waals surface area contributed by atoms with E-state index in [2.05, 4.69) is 5.10 Å². The van der Waals surface area contributed by atoms with Gasteiger partial charge in [0, 0.05) is 16.8 Å². The quantitative estimate of drug-likeness (QED) is 0.797. The van der Waals surface area contributed by atoms with Crippen molar-refractivity contribution in [3.63, 3.8) is 0 Å². The van der Waals surface area contributed by atoms with Gasteiger partial charge in [-0.25, -0.2) is 0 Å². The van der Waals surface area contributed by atoms with E-state index >= 15 is 0 Å². The van der Waals surface area contributed by atoms with E-state index in [1.165, 1.54) is 10.9 Å². The van der Waals surface area contributed by atoms with Gasteiger partial charge in [-0.05, 0) is 19.1 Å². The standard InChI is InChI=1S/C12H10Cl2N2O/c1-8(16-7-11(14)6-15-16)12(17)9-3-2-4-10(13)5-9/h2-8H,1H3. The van der Waals surface area contributed by atoms with Gasteiger partial charge in [0.15, 0.2) is 5.78 Å². The fraction of sp³-hybridized carbons (Fsp3) is 0.167. The molecule has 0 aliphatic carbocycles. The van der Waals surface area contributed by atoms with E-state index in [-0.39, 0.29) is 5.78 Å². The highest BCUT2D eigenvalue weighted by molar-refractivity contribution is 6.31. The van der Waals surface area contributed by atoms with Crippen LogP contribution in [0.1, 0.15) is 23.3 Å². The van der Waals surface area contributed by atoms with Crippen molar-refractivity contribution in [2.24, 2.45) is 0 Å². The minimum atomic E-state index is -0.402. The zero-order valence-corrected chi connectivity index (χ0v) is 10.6. The zero-order chi connectivity index (χ0) is 12.4. The monoisotopic (exact) mass is 268 g/mol. The summed E-state index contributed by atoms with van der Waals surface area (Å²) in [6, 6.07) is 6.45. The third-order valence-electron chi connectivity index (χ3n) is 2.46. The van der Waals surface area contributed by atoms with Crippen LogP contribution in [0.4, 0.5) is 0 Å². The molecule has 0 aliphatic heterocycles. The lowest BCUT2D eigenvalue weighted by Gasteiger charge is -2.10. The van der Waals surface area contributed by atoms with Gasteiger partial charge in [-0.15, -0.1) is 0 Å². The van der Waals surface area contributed by atoms with Crippen molar-refractivity contribution < 1.29 is 4.79 Å². The van der Waals surface area contributed by atoms with Crippen LogP contribution in [0.15, 0.2) is 36.7 Å². The molecular weight excluding hydrogens is 259 g/mol. The molecule has 1 atom stereocenters. The van der Waals surface area contributed by atoms with Crippen molar-refractivity contribution in [3.05, 3.63) is 52.3 Å². The molecule has 0 fully saturated rings. The summed E-state index contributed by atoms with van der Waals surface area (Å²) >= 11 is 11.6. The molecule has 88 valence electrons. The van der Waals surface area contributed by atoms with E-state index < -0.39 is 6.04 Å². The molecule has 2 aromatic rings. The zero-order valence-electron chi connectivity index (χ0n) is 9.10. The summed E-state index contributed by atoms with van der Waals surface area (Å²) in [5, 5.41) is 5.07. The molecule has 3 nitrogen and oxygen atoms in total. The normalized spacial score (nSPS) is 12.4. The maximum atomic E-state index is 12.1. The number of carbonyl (C=O) groups is 1. The van der Waals surface area contributed by atoms with E-state index in [0.717, 1.165) is 0 Å². The van der Waals surface area contributed by atoms with Gasteiger partial charge in [0.2, 0.25) is 0 Å². The lowest BCUT2D eigenvalue weighted by molar-refractivity contribution is 0.0928. The van der Waals surface area contributed by atoms with Crippen molar-refractivity contribution in [2.45, 2.75) is 13.0 Å². The molecule has 1 unspecified atom stereocenters. The van der Waals surface area contributed by atoms with Crippen molar-refractivity contribution in [3.8, 4) is 0 Å². The Balaban J connectivity index is 2.26. The molecule has 0 amide bonds. The Bertz CT molecular complexity index is 551. The van der Waals surface area contributed by atoms with Crippen LogP contribution in [0.2, 0.25) is 10.0 Å². The number of aromatic nitrogens is 2. The molecule has 1 aromatic heterocycles. The Kier molecular flexibility index (Phi) is 3.50. The fourth-order valence-electron chi connectivity index (χ4n) is 1.53. The van der Waals surface area contributed by atoms with Gasteiger partial charge >= 0.3 is 0 Å². The van der Waals surface area contributed by atoms with Gasteiger partial charge in [-0.3, -0.25) is 9.48 Å². The van der Waals surface area contributed by atoms with Crippen LogP contribution in [0.5, 0.6) is 0 Å². The lowest BCUT2D eigenvalue weighted by atomic mass is 10.1. The summed E-state index contributed by atoms with van der Waals surface area (Å²) in [5.74, 6) is -0.0488. The van der Waals surface area contributed by atoms with Gasteiger partial charge in [0.05, 0.1) is 11.2 Å². The molecule has 0 aliphatic rings. The Morgan fingerprint density at radius 2 is 2.12 bits per heavy atom. The summed E-state index contributed by atoms with van der Waals surface area (Å²) in [6.07, 6.45) is 3.12. The van der Waals surface area contributed by atoms with Crippen molar-refractivity contribution >= 4 is 29.0 Å². The third-order valence-corrected chi connectivity index (χ3v) is 2.89. The lowest BCUT2D eigenvalue weighted by Crippen LogP contribution is -2.17. The predicted molar refractivity (Wildman–Crippen MR) is 67.7 cm³/mol. The van der Waals surface area contributed by atoms with Gasteiger partial charge in [-0.1, -0.05) is 35.3 Å². The maximum absolute atomic E-state index is 12.1. The van der Waals surface area contributed by atoms with Crippen LogP contribution in [0.25, 0.3) is 0 Å². The second-order valence-corrected chi connectivity index (χ2v) is 4.56. The van der Waals surface area contributed by atoms with Gasteiger partial charge < -0.3 is 0 Å². The number of nitrogens with zero attached hydrogens (tertiary/aromatic N) is 2. The summed E-state index contributed by atoms with van der Waals surface area (Å²) in [5.41, 5.74) is 0.566. The maximum Gasteiger partial charge on any atom is 0.187 e. The average molecular weight is 269 g/mol. The highest BCUT2D eigenvalue weighted by Crippen LogP contribution is 2.18. The number of benzene rings is 1. The Morgan fingerprint density at radius 1 is 1.35 bits per heavy atom. The molecule has 5 heteroatoms. The number of ketones is 1. The molecule has 0 saturated heterocycles. The first-order valence-electron chi connectivity index (χ1n) is 5.07. The first-order chi connectivity index (χ1) is 8.08. The summed E-state index contributed by atoms with van der Waals surface area (Å²) in [6.45, 7) is 1.77. The minimum absolute atomic E-state index is 0.0488. The van der Waals surface area contributed by atoms with Crippen molar-refractivity contribution in [1.29, 1.82) is 0 Å². The smallest absolute Gasteiger partial charge is 0.187 e. The van der Waals surface area contributed by atoms with Crippen molar-refractivity contribution in [2.75, 3.05) is 0 Å². The topological polar surface area (TPSA) is 34.9 Å². The van der Waals surface area contributed by atoms with Gasteiger partial charge in [-0.2, -0.15) is 5.10 Å². The van der Waals surface area contributed by atoms with Crippen LogP contribution in [0.3, 0.4) is 0 Å². The molecule has 0 radical (unpaired) electrons. The van der Waals surface area contributed by atoms with Gasteiger partial charge in [0.25, 0.3) is 0 Å². The van der Waals surface area contributed by atoms with Crippen LogP contribution in [-0.4, -0.2) is 15.6 Å².